The molecular formula is C21H25N3O2. The molecule has 1 aromatic carbocycles. The van der Waals surface area contributed by atoms with Crippen LogP contribution in [-0.4, -0.2) is 24.5 Å². The summed E-state index contributed by atoms with van der Waals surface area (Å²) in [6.07, 6.45) is 4.76. The Kier molecular flexibility index (Phi) is 4.41. The largest absolute Gasteiger partial charge is 0.497 e. The van der Waals surface area contributed by atoms with Crippen LogP contribution in [0.1, 0.15) is 40.8 Å². The molecule has 2 aliphatic rings. The van der Waals surface area contributed by atoms with Crippen LogP contribution in [0.2, 0.25) is 0 Å². The zero-order chi connectivity index (χ0) is 18.1. The second-order valence-electron chi connectivity index (χ2n) is 7.25. The summed E-state index contributed by atoms with van der Waals surface area (Å²) in [5, 5.41) is 6.57. The average Bonchev–Trinajstić information content (AvgIpc) is 3.49. The second-order valence-corrected chi connectivity index (χ2v) is 7.25. The van der Waals surface area contributed by atoms with Crippen molar-refractivity contribution in [1.29, 1.82) is 0 Å². The number of rotatable bonds is 5. The van der Waals surface area contributed by atoms with Gasteiger partial charge in [-0.3, -0.25) is 9.78 Å². The molecule has 136 valence electrons. The maximum Gasteiger partial charge on any atom is 0.230 e. The van der Waals surface area contributed by atoms with Crippen molar-refractivity contribution >= 4 is 5.91 Å². The number of ether oxygens (including phenoxy) is 1. The lowest BCUT2D eigenvalue weighted by molar-refractivity contribution is -0.123. The summed E-state index contributed by atoms with van der Waals surface area (Å²) in [4.78, 5) is 17.5. The van der Waals surface area contributed by atoms with E-state index in [9.17, 15) is 4.79 Å². The molecule has 2 aromatic rings. The molecule has 5 heteroatoms. The molecule has 1 aliphatic carbocycles. The fourth-order valence-corrected chi connectivity index (χ4v) is 3.90. The molecule has 1 fully saturated rings. The highest BCUT2D eigenvalue weighted by atomic mass is 16.5. The Morgan fingerprint density at radius 2 is 2.08 bits per heavy atom. The number of benzene rings is 1. The maximum atomic E-state index is 13.0. The average molecular weight is 351 g/mol. The Bertz CT molecular complexity index is 826. The van der Waals surface area contributed by atoms with Gasteiger partial charge in [0.15, 0.2) is 0 Å². The zero-order valence-corrected chi connectivity index (χ0v) is 15.4. The number of hydrogen-bond acceptors (Lipinski definition) is 4. The standard InChI is InChI=1S/C21H25N3O2/c1-14-19(18-7-10-22-11-15(18)12-23-14)13-24-20(25)21(8-9-21)16-3-5-17(26-2)6-4-16/h3-6,12,22H,7-11,13H2,1-2H3,(H,24,25). The van der Waals surface area contributed by atoms with E-state index >= 15 is 0 Å². The van der Waals surface area contributed by atoms with Crippen LogP contribution in [-0.2, 0) is 29.7 Å². The number of hydrogen-bond donors (Lipinski definition) is 2. The SMILES string of the molecule is COc1ccc(C2(C(=O)NCc3c(C)ncc4c3CCNC4)CC2)cc1. The smallest absolute Gasteiger partial charge is 0.230 e. The highest BCUT2D eigenvalue weighted by Crippen LogP contribution is 2.48. The van der Waals surface area contributed by atoms with Crippen LogP contribution in [0.5, 0.6) is 5.75 Å². The lowest BCUT2D eigenvalue weighted by Gasteiger charge is -2.22. The van der Waals surface area contributed by atoms with Crippen molar-refractivity contribution in [2.45, 2.75) is 44.7 Å². The lowest BCUT2D eigenvalue weighted by Crippen LogP contribution is -2.35. The predicted molar refractivity (Wildman–Crippen MR) is 100 cm³/mol. The number of nitrogens with one attached hydrogen (secondary N) is 2. The Balaban J connectivity index is 1.51. The van der Waals surface area contributed by atoms with Crippen LogP contribution >= 0.6 is 0 Å². The van der Waals surface area contributed by atoms with Gasteiger partial charge in [0, 0.05) is 25.0 Å². The van der Waals surface area contributed by atoms with E-state index < -0.39 is 0 Å². The number of methoxy groups -OCH3 is 1. The van der Waals surface area contributed by atoms with E-state index in [0.29, 0.717) is 6.54 Å². The van der Waals surface area contributed by atoms with Crippen molar-refractivity contribution < 1.29 is 9.53 Å². The first-order chi connectivity index (χ1) is 12.6. The van der Waals surface area contributed by atoms with E-state index in [1.807, 2.05) is 37.4 Å². The minimum absolute atomic E-state index is 0.119. The summed E-state index contributed by atoms with van der Waals surface area (Å²) >= 11 is 0. The molecule has 0 bridgehead atoms. The molecule has 2 heterocycles. The molecule has 1 aliphatic heterocycles. The Morgan fingerprint density at radius 3 is 2.77 bits per heavy atom. The highest BCUT2D eigenvalue weighted by Gasteiger charge is 2.51. The normalized spacial score (nSPS) is 17.3. The van der Waals surface area contributed by atoms with Crippen molar-refractivity contribution in [2.75, 3.05) is 13.7 Å². The van der Waals surface area contributed by atoms with E-state index in [1.165, 1.54) is 16.7 Å². The summed E-state index contributed by atoms with van der Waals surface area (Å²) in [6.45, 7) is 4.42. The van der Waals surface area contributed by atoms with Gasteiger partial charge >= 0.3 is 0 Å². The van der Waals surface area contributed by atoms with Gasteiger partial charge < -0.3 is 15.4 Å². The monoisotopic (exact) mass is 351 g/mol. The Labute approximate surface area is 154 Å². The number of amides is 1. The fraction of sp³-hybridized carbons (Fsp3) is 0.429. The van der Waals surface area contributed by atoms with Crippen LogP contribution < -0.4 is 15.4 Å². The number of aromatic nitrogens is 1. The van der Waals surface area contributed by atoms with Gasteiger partial charge in [-0.25, -0.2) is 0 Å². The van der Waals surface area contributed by atoms with Gasteiger partial charge in [-0.05, 0) is 67.1 Å². The van der Waals surface area contributed by atoms with E-state index in [4.69, 9.17) is 4.74 Å². The third kappa shape index (κ3) is 2.97. The predicted octanol–water partition coefficient (Wildman–Crippen LogP) is 2.39. The van der Waals surface area contributed by atoms with Crippen LogP contribution in [0.3, 0.4) is 0 Å². The highest BCUT2D eigenvalue weighted by molar-refractivity contribution is 5.91. The number of carbonyl (C=O) groups excluding carboxylic acids is 1. The minimum atomic E-state index is -0.371. The fourth-order valence-electron chi connectivity index (χ4n) is 3.90. The van der Waals surface area contributed by atoms with Gasteiger partial charge in [0.1, 0.15) is 5.75 Å². The van der Waals surface area contributed by atoms with E-state index in [-0.39, 0.29) is 11.3 Å². The molecule has 1 aromatic heterocycles. The molecule has 0 spiro atoms. The topological polar surface area (TPSA) is 63.2 Å². The lowest BCUT2D eigenvalue weighted by atomic mass is 9.93. The molecule has 0 unspecified atom stereocenters. The zero-order valence-electron chi connectivity index (χ0n) is 15.4. The minimum Gasteiger partial charge on any atom is -0.497 e. The maximum absolute atomic E-state index is 13.0. The van der Waals surface area contributed by atoms with Crippen molar-refractivity contribution in [1.82, 2.24) is 15.6 Å². The Hall–Kier alpha value is -2.40. The number of aryl methyl sites for hydroxylation is 1. The van der Waals surface area contributed by atoms with Crippen molar-refractivity contribution in [3.8, 4) is 5.75 Å². The summed E-state index contributed by atoms with van der Waals surface area (Å²) in [5.41, 5.74) is 5.51. The Morgan fingerprint density at radius 1 is 1.31 bits per heavy atom. The molecule has 1 amide bonds. The molecule has 4 rings (SSSR count). The van der Waals surface area contributed by atoms with Crippen LogP contribution in [0.4, 0.5) is 0 Å². The van der Waals surface area contributed by atoms with Gasteiger partial charge in [0.2, 0.25) is 5.91 Å². The molecular weight excluding hydrogens is 326 g/mol. The number of nitrogens with zero attached hydrogens (tertiary/aromatic N) is 1. The third-order valence-corrected chi connectivity index (χ3v) is 5.72. The van der Waals surface area contributed by atoms with Crippen LogP contribution in [0.25, 0.3) is 0 Å². The summed E-state index contributed by atoms with van der Waals surface area (Å²) in [5.74, 6) is 0.935. The van der Waals surface area contributed by atoms with Crippen LogP contribution in [0.15, 0.2) is 30.5 Å². The van der Waals surface area contributed by atoms with E-state index in [1.54, 1.807) is 7.11 Å². The van der Waals surface area contributed by atoms with E-state index in [0.717, 1.165) is 49.4 Å². The second kappa shape index (κ2) is 6.72. The third-order valence-electron chi connectivity index (χ3n) is 5.72. The van der Waals surface area contributed by atoms with E-state index in [2.05, 4.69) is 15.6 Å². The number of fused-ring (bicyclic) bond motifs is 1. The first kappa shape index (κ1) is 17.0. The molecule has 26 heavy (non-hydrogen) atoms. The van der Waals surface area contributed by atoms with Gasteiger partial charge in [0.05, 0.1) is 12.5 Å². The first-order valence-electron chi connectivity index (χ1n) is 9.24. The summed E-state index contributed by atoms with van der Waals surface area (Å²) < 4.78 is 5.22. The molecule has 2 N–H and O–H groups in total. The first-order valence-corrected chi connectivity index (χ1v) is 9.24. The van der Waals surface area contributed by atoms with Gasteiger partial charge in [-0.1, -0.05) is 12.1 Å². The molecule has 0 atom stereocenters. The molecule has 5 nitrogen and oxygen atoms in total. The summed E-state index contributed by atoms with van der Waals surface area (Å²) in [7, 11) is 1.65. The summed E-state index contributed by atoms with van der Waals surface area (Å²) in [6, 6.07) is 7.87. The van der Waals surface area contributed by atoms with Crippen molar-refractivity contribution in [3.05, 3.63) is 58.4 Å². The van der Waals surface area contributed by atoms with Crippen LogP contribution in [0, 0.1) is 6.92 Å². The van der Waals surface area contributed by atoms with Gasteiger partial charge in [0.25, 0.3) is 0 Å². The number of pyridine rings is 1. The van der Waals surface area contributed by atoms with Crippen molar-refractivity contribution in [3.63, 3.8) is 0 Å². The quantitative estimate of drug-likeness (QED) is 0.868. The van der Waals surface area contributed by atoms with Gasteiger partial charge in [-0.2, -0.15) is 0 Å². The molecule has 0 saturated heterocycles. The van der Waals surface area contributed by atoms with Crippen molar-refractivity contribution in [2.24, 2.45) is 0 Å². The van der Waals surface area contributed by atoms with Gasteiger partial charge in [-0.15, -0.1) is 0 Å². The number of carbonyl (C=O) groups is 1. The molecule has 0 radical (unpaired) electrons. The molecule has 1 saturated carbocycles.